The van der Waals surface area contributed by atoms with Gasteiger partial charge in [0.2, 0.25) is 5.91 Å². The Morgan fingerprint density at radius 3 is 2.59 bits per heavy atom. The Labute approximate surface area is 150 Å². The number of benzene rings is 1. The molecule has 1 aromatic rings. The van der Waals surface area contributed by atoms with E-state index in [1.54, 1.807) is 0 Å². The van der Waals surface area contributed by atoms with Crippen LogP contribution in [0.3, 0.4) is 0 Å². The van der Waals surface area contributed by atoms with E-state index in [9.17, 15) is 4.79 Å². The second kappa shape index (κ2) is 7.11. The Morgan fingerprint density at radius 2 is 1.86 bits per heavy atom. The minimum Gasteiger partial charge on any atom is -0.339 e. The lowest BCUT2D eigenvalue weighted by Crippen LogP contribution is -2.39. The van der Waals surface area contributed by atoms with E-state index in [1.165, 1.54) is 32.1 Å². The van der Waals surface area contributed by atoms with Gasteiger partial charge in [0.05, 0.1) is 14.5 Å². The molecule has 1 aliphatic carbocycles. The quantitative estimate of drug-likeness (QED) is 0.610. The molecular weight excluding hydrogens is 385 g/mol. The van der Waals surface area contributed by atoms with E-state index in [4.69, 9.17) is 23.2 Å². The summed E-state index contributed by atoms with van der Waals surface area (Å²) < 4.78 is 0.725. The average molecular weight is 405 g/mol. The van der Waals surface area contributed by atoms with Crippen LogP contribution in [0.25, 0.3) is 0 Å². The lowest BCUT2D eigenvalue weighted by atomic mass is 9.94. The molecule has 1 heterocycles. The highest BCUT2D eigenvalue weighted by atomic mass is 79.9. The van der Waals surface area contributed by atoms with Crippen LogP contribution in [0, 0.1) is 5.92 Å². The molecule has 1 atom stereocenters. The van der Waals surface area contributed by atoms with Gasteiger partial charge in [-0.1, -0.05) is 48.5 Å². The summed E-state index contributed by atoms with van der Waals surface area (Å²) in [5.74, 6) is 0.376. The number of nitrogens with zero attached hydrogens (tertiary/aromatic N) is 1. The molecule has 2 aliphatic rings. The number of halogens is 3. The third-order valence-electron chi connectivity index (χ3n) is 4.95. The fourth-order valence-electron chi connectivity index (χ4n) is 3.70. The molecule has 0 bridgehead atoms. The van der Waals surface area contributed by atoms with Gasteiger partial charge in [0.1, 0.15) is 0 Å². The summed E-state index contributed by atoms with van der Waals surface area (Å²) in [5.41, 5.74) is 1.00. The molecule has 1 amide bonds. The molecule has 5 heteroatoms. The van der Waals surface area contributed by atoms with Crippen molar-refractivity contribution in [2.45, 2.75) is 51.0 Å². The fraction of sp³-hybridized carbons (Fsp3) is 0.588. The van der Waals surface area contributed by atoms with Gasteiger partial charge in [-0.2, -0.15) is 0 Å². The Balaban J connectivity index is 1.69. The van der Waals surface area contributed by atoms with Crippen molar-refractivity contribution >= 4 is 45.0 Å². The minimum atomic E-state index is 0.0625. The number of carbonyl (C=O) groups excluding carboxylic acids is 1. The van der Waals surface area contributed by atoms with Crippen molar-refractivity contribution in [3.63, 3.8) is 0 Å². The Hall–Kier alpha value is -0.250. The lowest BCUT2D eigenvalue weighted by Gasteiger charge is -2.31. The Bertz CT molecular complexity index is 572. The standard InChI is InChI=1S/C17H20BrCl2NO/c18-15-14(19)7-6-11(16(15)20)10-12-8-9-21(17(12)22)13-4-2-1-3-5-13/h6-7,12-13H,1-5,8-10H2. The van der Waals surface area contributed by atoms with Crippen LogP contribution in [0.5, 0.6) is 0 Å². The summed E-state index contributed by atoms with van der Waals surface area (Å²) in [4.78, 5) is 14.8. The minimum absolute atomic E-state index is 0.0625. The summed E-state index contributed by atoms with van der Waals surface area (Å²) in [7, 11) is 0. The average Bonchev–Trinajstić information content (AvgIpc) is 2.90. The number of rotatable bonds is 3. The smallest absolute Gasteiger partial charge is 0.226 e. The first-order chi connectivity index (χ1) is 10.6. The number of hydrogen-bond donors (Lipinski definition) is 0. The molecule has 0 spiro atoms. The van der Waals surface area contributed by atoms with Crippen LogP contribution in [0.4, 0.5) is 0 Å². The molecule has 1 saturated carbocycles. The third-order valence-corrected chi connectivity index (χ3v) is 6.97. The van der Waals surface area contributed by atoms with Gasteiger partial charge >= 0.3 is 0 Å². The lowest BCUT2D eigenvalue weighted by molar-refractivity contribution is -0.133. The summed E-state index contributed by atoms with van der Waals surface area (Å²) >= 11 is 15.8. The first-order valence-electron chi connectivity index (χ1n) is 8.01. The first kappa shape index (κ1) is 16.6. The number of amides is 1. The van der Waals surface area contributed by atoms with E-state index < -0.39 is 0 Å². The second-order valence-corrected chi connectivity index (χ2v) is 7.93. The van der Waals surface area contributed by atoms with E-state index in [2.05, 4.69) is 20.8 Å². The van der Waals surface area contributed by atoms with Crippen molar-refractivity contribution in [3.8, 4) is 0 Å². The summed E-state index contributed by atoms with van der Waals surface area (Å²) in [6.45, 7) is 0.903. The van der Waals surface area contributed by atoms with Crippen molar-refractivity contribution in [2.75, 3.05) is 6.54 Å². The van der Waals surface area contributed by atoms with Crippen LogP contribution >= 0.6 is 39.1 Å². The molecule has 22 heavy (non-hydrogen) atoms. The monoisotopic (exact) mass is 403 g/mol. The van der Waals surface area contributed by atoms with Gasteiger partial charge in [-0.25, -0.2) is 0 Å². The second-order valence-electron chi connectivity index (χ2n) is 6.35. The first-order valence-corrected chi connectivity index (χ1v) is 9.55. The van der Waals surface area contributed by atoms with Crippen molar-refractivity contribution in [1.82, 2.24) is 4.90 Å². The van der Waals surface area contributed by atoms with Gasteiger partial charge in [0.25, 0.3) is 0 Å². The zero-order valence-corrected chi connectivity index (χ0v) is 15.6. The zero-order chi connectivity index (χ0) is 15.7. The molecular formula is C17H20BrCl2NO. The van der Waals surface area contributed by atoms with Crippen LogP contribution in [0.15, 0.2) is 16.6 Å². The van der Waals surface area contributed by atoms with Gasteiger partial charge in [-0.05, 0) is 53.2 Å². The summed E-state index contributed by atoms with van der Waals surface area (Å²) in [5, 5.41) is 1.24. The number of likely N-dealkylation sites (tertiary alicyclic amines) is 1. The molecule has 1 saturated heterocycles. The Morgan fingerprint density at radius 1 is 1.14 bits per heavy atom. The van der Waals surface area contributed by atoms with Crippen molar-refractivity contribution in [2.24, 2.45) is 5.92 Å². The zero-order valence-electron chi connectivity index (χ0n) is 12.5. The van der Waals surface area contributed by atoms with E-state index in [0.29, 0.717) is 28.4 Å². The molecule has 0 N–H and O–H groups in total. The normalized spacial score (nSPS) is 23.3. The van der Waals surface area contributed by atoms with Gasteiger partial charge in [-0.3, -0.25) is 4.79 Å². The highest BCUT2D eigenvalue weighted by Crippen LogP contribution is 2.36. The molecule has 1 aromatic carbocycles. The maximum Gasteiger partial charge on any atom is 0.226 e. The molecule has 2 fully saturated rings. The van der Waals surface area contributed by atoms with E-state index in [-0.39, 0.29) is 5.92 Å². The van der Waals surface area contributed by atoms with Gasteiger partial charge in [-0.15, -0.1) is 0 Å². The SMILES string of the molecule is O=C1C(Cc2ccc(Cl)c(Br)c2Cl)CCN1C1CCCCC1. The predicted molar refractivity (Wildman–Crippen MR) is 94.6 cm³/mol. The topological polar surface area (TPSA) is 20.3 Å². The Kier molecular flexibility index (Phi) is 5.36. The molecule has 3 rings (SSSR count). The fourth-order valence-corrected chi connectivity index (χ4v) is 4.53. The molecule has 1 unspecified atom stereocenters. The number of hydrogen-bond acceptors (Lipinski definition) is 1. The predicted octanol–water partition coefficient (Wildman–Crippen LogP) is 5.48. The van der Waals surface area contributed by atoms with Crippen LogP contribution in [0.2, 0.25) is 10.0 Å². The highest BCUT2D eigenvalue weighted by molar-refractivity contribution is 9.10. The summed E-state index contributed by atoms with van der Waals surface area (Å²) in [6.07, 6.45) is 7.82. The molecule has 1 aliphatic heterocycles. The molecule has 2 nitrogen and oxygen atoms in total. The van der Waals surface area contributed by atoms with Gasteiger partial charge in [0, 0.05) is 18.5 Å². The largest absolute Gasteiger partial charge is 0.339 e. The van der Waals surface area contributed by atoms with Crippen LogP contribution in [0.1, 0.15) is 44.1 Å². The van der Waals surface area contributed by atoms with E-state index in [0.717, 1.165) is 23.0 Å². The van der Waals surface area contributed by atoms with Crippen LogP contribution < -0.4 is 0 Å². The maximum absolute atomic E-state index is 12.7. The van der Waals surface area contributed by atoms with Crippen LogP contribution in [-0.2, 0) is 11.2 Å². The van der Waals surface area contributed by atoms with Gasteiger partial charge < -0.3 is 4.90 Å². The molecule has 120 valence electrons. The number of carbonyl (C=O) groups is 1. The van der Waals surface area contributed by atoms with Crippen molar-refractivity contribution < 1.29 is 4.79 Å². The van der Waals surface area contributed by atoms with Gasteiger partial charge in [0.15, 0.2) is 0 Å². The maximum atomic E-state index is 12.7. The van der Waals surface area contributed by atoms with E-state index in [1.807, 2.05) is 12.1 Å². The van der Waals surface area contributed by atoms with Crippen molar-refractivity contribution in [1.29, 1.82) is 0 Å². The third kappa shape index (κ3) is 3.32. The molecule has 0 aromatic heterocycles. The van der Waals surface area contributed by atoms with Crippen LogP contribution in [-0.4, -0.2) is 23.4 Å². The van der Waals surface area contributed by atoms with Crippen molar-refractivity contribution in [3.05, 3.63) is 32.2 Å². The van der Waals surface area contributed by atoms with E-state index >= 15 is 0 Å². The molecule has 0 radical (unpaired) electrons. The highest BCUT2D eigenvalue weighted by Gasteiger charge is 2.36. The summed E-state index contributed by atoms with van der Waals surface area (Å²) in [6, 6.07) is 4.25.